The molecule has 0 saturated heterocycles. The van der Waals surface area contributed by atoms with Gasteiger partial charge in [-0.05, 0) is 48.5 Å². The van der Waals surface area contributed by atoms with E-state index in [1.165, 1.54) is 36.7 Å². The Balaban J connectivity index is 1.49. The molecule has 0 radical (unpaired) electrons. The Bertz CT molecular complexity index is 1230. The molecular weight excluding hydrogens is 395 g/mol. The lowest BCUT2D eigenvalue weighted by molar-refractivity contribution is 0.461. The first-order valence-electron chi connectivity index (χ1n) is 8.52. The van der Waals surface area contributed by atoms with E-state index >= 15 is 0 Å². The second kappa shape index (κ2) is 7.72. The second-order valence-corrected chi connectivity index (χ2v) is 7.62. The molecule has 7 nitrogen and oxygen atoms in total. The lowest BCUT2D eigenvalue weighted by Crippen LogP contribution is -2.14. The van der Waals surface area contributed by atoms with Crippen LogP contribution in [-0.4, -0.2) is 23.0 Å². The van der Waals surface area contributed by atoms with E-state index in [-0.39, 0.29) is 5.69 Å². The SMILES string of the molecule is O=S(=O)(Nc1ccc(Oc2cc(-n3cccc3)ncn2)cc1)c1ccccc1F. The molecular formula is C20H15FN4O3S. The van der Waals surface area contributed by atoms with Gasteiger partial charge in [0.2, 0.25) is 5.88 Å². The normalized spacial score (nSPS) is 11.2. The highest BCUT2D eigenvalue weighted by atomic mass is 32.2. The predicted molar refractivity (Wildman–Crippen MR) is 105 cm³/mol. The van der Waals surface area contributed by atoms with Gasteiger partial charge in [-0.25, -0.2) is 22.8 Å². The largest absolute Gasteiger partial charge is 0.439 e. The number of rotatable bonds is 6. The fraction of sp³-hybridized carbons (Fsp3) is 0. The minimum absolute atomic E-state index is 0.274. The van der Waals surface area contributed by atoms with Gasteiger partial charge in [0.15, 0.2) is 0 Å². The number of hydrogen-bond acceptors (Lipinski definition) is 5. The summed E-state index contributed by atoms with van der Waals surface area (Å²) in [4.78, 5) is 7.84. The van der Waals surface area contributed by atoms with Gasteiger partial charge in [-0.1, -0.05) is 12.1 Å². The molecule has 0 fully saturated rings. The topological polar surface area (TPSA) is 86.1 Å². The summed E-state index contributed by atoms with van der Waals surface area (Å²) in [5, 5.41) is 0. The number of halogens is 1. The van der Waals surface area contributed by atoms with Crippen LogP contribution in [0.25, 0.3) is 5.82 Å². The van der Waals surface area contributed by atoms with Gasteiger partial charge >= 0.3 is 0 Å². The lowest BCUT2D eigenvalue weighted by Gasteiger charge is -2.10. The lowest BCUT2D eigenvalue weighted by atomic mass is 10.3. The molecule has 2 aromatic carbocycles. The predicted octanol–water partition coefficient (Wildman–Crippen LogP) is 4.00. The molecule has 0 aliphatic heterocycles. The summed E-state index contributed by atoms with van der Waals surface area (Å²) in [6.45, 7) is 0. The van der Waals surface area contributed by atoms with Crippen molar-refractivity contribution in [2.75, 3.05) is 4.72 Å². The highest BCUT2D eigenvalue weighted by molar-refractivity contribution is 7.92. The highest BCUT2D eigenvalue weighted by Gasteiger charge is 2.18. The van der Waals surface area contributed by atoms with Crippen molar-refractivity contribution in [2.45, 2.75) is 4.90 Å². The molecule has 1 N–H and O–H groups in total. The van der Waals surface area contributed by atoms with Crippen LogP contribution < -0.4 is 9.46 Å². The summed E-state index contributed by atoms with van der Waals surface area (Å²) in [5.74, 6) is 0.621. The fourth-order valence-corrected chi connectivity index (χ4v) is 3.74. The number of hydrogen-bond donors (Lipinski definition) is 1. The van der Waals surface area contributed by atoms with E-state index in [0.717, 1.165) is 6.07 Å². The van der Waals surface area contributed by atoms with E-state index < -0.39 is 20.7 Å². The van der Waals surface area contributed by atoms with E-state index in [1.54, 1.807) is 18.2 Å². The van der Waals surface area contributed by atoms with Crippen LogP contribution in [0.5, 0.6) is 11.6 Å². The molecule has 2 heterocycles. The monoisotopic (exact) mass is 410 g/mol. The maximum absolute atomic E-state index is 13.8. The van der Waals surface area contributed by atoms with E-state index in [2.05, 4.69) is 14.7 Å². The third-order valence-corrected chi connectivity index (χ3v) is 5.37. The van der Waals surface area contributed by atoms with Crippen molar-refractivity contribution in [3.8, 4) is 17.4 Å². The first-order valence-corrected chi connectivity index (χ1v) is 10.0. The van der Waals surface area contributed by atoms with Crippen LogP contribution >= 0.6 is 0 Å². The number of aromatic nitrogens is 3. The molecule has 2 aromatic heterocycles. The molecule has 0 aliphatic carbocycles. The molecule has 4 rings (SSSR count). The number of sulfonamides is 1. The molecule has 0 unspecified atom stereocenters. The molecule has 9 heteroatoms. The van der Waals surface area contributed by atoms with Crippen molar-refractivity contribution in [3.05, 3.63) is 91.3 Å². The standard InChI is InChI=1S/C20H15FN4O3S/c21-17-5-1-2-6-18(17)29(26,27)24-15-7-9-16(10-8-15)28-20-13-19(22-14-23-20)25-11-3-4-12-25/h1-14,24H. The number of nitrogens with zero attached hydrogens (tertiary/aromatic N) is 3. The van der Waals surface area contributed by atoms with Gasteiger partial charge in [-0.15, -0.1) is 0 Å². The molecule has 0 spiro atoms. The zero-order valence-electron chi connectivity index (χ0n) is 14.9. The number of anilines is 1. The third kappa shape index (κ3) is 4.25. The van der Waals surface area contributed by atoms with E-state index in [4.69, 9.17) is 4.74 Å². The zero-order chi connectivity index (χ0) is 20.3. The van der Waals surface area contributed by atoms with Gasteiger partial charge in [0.25, 0.3) is 10.0 Å². The summed E-state index contributed by atoms with van der Waals surface area (Å²) in [6.07, 6.45) is 5.09. The van der Waals surface area contributed by atoms with Crippen LogP contribution in [0, 0.1) is 5.82 Å². The molecule has 0 amide bonds. The van der Waals surface area contributed by atoms with Crippen LogP contribution in [0.2, 0.25) is 0 Å². The van der Waals surface area contributed by atoms with Gasteiger partial charge < -0.3 is 9.30 Å². The van der Waals surface area contributed by atoms with Crippen LogP contribution in [0.1, 0.15) is 0 Å². The van der Waals surface area contributed by atoms with Gasteiger partial charge in [0, 0.05) is 24.1 Å². The zero-order valence-corrected chi connectivity index (χ0v) is 15.8. The van der Waals surface area contributed by atoms with Gasteiger partial charge in [-0.3, -0.25) is 4.72 Å². The Hall–Kier alpha value is -3.72. The van der Waals surface area contributed by atoms with Crippen molar-refractivity contribution >= 4 is 15.7 Å². The average Bonchev–Trinajstić information content (AvgIpc) is 3.25. The van der Waals surface area contributed by atoms with Crippen LogP contribution in [0.4, 0.5) is 10.1 Å². The Morgan fingerprint density at radius 1 is 0.931 bits per heavy atom. The summed E-state index contributed by atoms with van der Waals surface area (Å²) < 4.78 is 48.3. The number of nitrogens with one attached hydrogen (secondary N) is 1. The Kier molecular flexibility index (Phi) is 4.96. The Morgan fingerprint density at radius 2 is 1.66 bits per heavy atom. The highest BCUT2D eigenvalue weighted by Crippen LogP contribution is 2.24. The molecule has 4 aromatic rings. The third-order valence-electron chi connectivity index (χ3n) is 3.95. The van der Waals surface area contributed by atoms with Crippen molar-refractivity contribution in [3.63, 3.8) is 0 Å². The summed E-state index contributed by atoms with van der Waals surface area (Å²) >= 11 is 0. The van der Waals surface area contributed by atoms with Gasteiger partial charge in [-0.2, -0.15) is 0 Å². The van der Waals surface area contributed by atoms with Crippen LogP contribution in [0.3, 0.4) is 0 Å². The van der Waals surface area contributed by atoms with E-state index in [1.807, 2.05) is 29.1 Å². The molecule has 29 heavy (non-hydrogen) atoms. The molecule has 0 saturated carbocycles. The van der Waals surface area contributed by atoms with Gasteiger partial charge in [0.05, 0.1) is 0 Å². The molecule has 0 atom stereocenters. The summed E-state index contributed by atoms with van der Waals surface area (Å²) in [6, 6.07) is 16.8. The maximum atomic E-state index is 13.8. The first kappa shape index (κ1) is 18.6. The second-order valence-electron chi connectivity index (χ2n) is 5.97. The summed E-state index contributed by atoms with van der Waals surface area (Å²) in [5.41, 5.74) is 0.274. The van der Waals surface area contributed by atoms with Crippen molar-refractivity contribution in [2.24, 2.45) is 0 Å². The quantitative estimate of drug-likeness (QED) is 0.519. The van der Waals surface area contributed by atoms with Crippen molar-refractivity contribution in [1.82, 2.24) is 14.5 Å². The van der Waals surface area contributed by atoms with Crippen LogP contribution in [0.15, 0.2) is 90.3 Å². The molecule has 0 aliphatic rings. The maximum Gasteiger partial charge on any atom is 0.264 e. The van der Waals surface area contributed by atoms with Crippen molar-refractivity contribution in [1.29, 1.82) is 0 Å². The minimum Gasteiger partial charge on any atom is -0.439 e. The van der Waals surface area contributed by atoms with Crippen molar-refractivity contribution < 1.29 is 17.5 Å². The Morgan fingerprint density at radius 3 is 2.38 bits per heavy atom. The van der Waals surface area contributed by atoms with E-state index in [0.29, 0.717) is 17.4 Å². The number of benzene rings is 2. The average molecular weight is 410 g/mol. The Labute approximate surface area is 166 Å². The number of ether oxygens (including phenoxy) is 1. The smallest absolute Gasteiger partial charge is 0.264 e. The van der Waals surface area contributed by atoms with Crippen LogP contribution in [-0.2, 0) is 10.0 Å². The van der Waals surface area contributed by atoms with E-state index in [9.17, 15) is 12.8 Å². The molecule has 0 bridgehead atoms. The van der Waals surface area contributed by atoms with Gasteiger partial charge in [0.1, 0.15) is 28.6 Å². The molecule has 146 valence electrons. The summed E-state index contributed by atoms with van der Waals surface area (Å²) in [7, 11) is -4.04. The first-order chi connectivity index (χ1) is 14.0. The minimum atomic E-state index is -4.04. The fourth-order valence-electron chi connectivity index (χ4n) is 2.60.